The van der Waals surface area contributed by atoms with Crippen LogP contribution in [0.15, 0.2) is 66.7 Å². The summed E-state index contributed by atoms with van der Waals surface area (Å²) in [6.07, 6.45) is -1.18. The van der Waals surface area contributed by atoms with E-state index in [1.54, 1.807) is 53.7 Å². The Kier molecular flexibility index (Phi) is 9.47. The minimum atomic E-state index is -1.34. The lowest BCUT2D eigenvalue weighted by Gasteiger charge is -2.22. The Hall–Kier alpha value is -4.66. The van der Waals surface area contributed by atoms with Gasteiger partial charge >= 0.3 is 24.0 Å². The van der Waals surface area contributed by atoms with Crippen molar-refractivity contribution in [2.24, 2.45) is 0 Å². The number of carboxylic acid groups (broad SMARTS) is 1. The Morgan fingerprint density at radius 3 is 1.93 bits per heavy atom. The van der Waals surface area contributed by atoms with Crippen molar-refractivity contribution in [3.63, 3.8) is 0 Å². The SMILES string of the molecule is CC(C)(C)OC(=O)Cc1ccc(C[C@H](NC(=O)OCC2c3ccccc3-c3ccccc32)C(=O)O)cc1C(=O)OC(C)(C)C. The highest BCUT2D eigenvalue weighted by molar-refractivity contribution is 5.93. The van der Waals surface area contributed by atoms with E-state index in [2.05, 4.69) is 5.32 Å². The summed E-state index contributed by atoms with van der Waals surface area (Å²) in [5.74, 6) is -2.62. The van der Waals surface area contributed by atoms with Gasteiger partial charge in [-0.15, -0.1) is 0 Å². The average molecular weight is 602 g/mol. The first-order chi connectivity index (χ1) is 20.6. The topological polar surface area (TPSA) is 128 Å². The van der Waals surface area contributed by atoms with E-state index in [9.17, 15) is 24.3 Å². The molecule has 0 aliphatic heterocycles. The zero-order chi connectivity index (χ0) is 32.2. The van der Waals surface area contributed by atoms with Gasteiger partial charge in [0.15, 0.2) is 0 Å². The Morgan fingerprint density at radius 1 is 0.818 bits per heavy atom. The van der Waals surface area contributed by atoms with E-state index in [0.29, 0.717) is 11.1 Å². The predicted octanol–water partition coefficient (Wildman–Crippen LogP) is 6.06. The van der Waals surface area contributed by atoms with Gasteiger partial charge in [0, 0.05) is 12.3 Å². The van der Waals surface area contributed by atoms with E-state index < -0.39 is 41.2 Å². The van der Waals surface area contributed by atoms with Crippen LogP contribution in [0.1, 0.15) is 80.1 Å². The number of benzene rings is 3. The highest BCUT2D eigenvalue weighted by atomic mass is 16.6. The first-order valence-corrected chi connectivity index (χ1v) is 14.5. The number of alkyl carbamates (subject to hydrolysis) is 1. The van der Waals surface area contributed by atoms with Crippen LogP contribution in [0.25, 0.3) is 11.1 Å². The summed E-state index contributed by atoms with van der Waals surface area (Å²) in [5, 5.41) is 12.4. The number of carboxylic acids is 1. The van der Waals surface area contributed by atoms with Gasteiger partial charge in [0.1, 0.15) is 23.9 Å². The maximum atomic E-state index is 13.1. The van der Waals surface area contributed by atoms with Gasteiger partial charge in [-0.1, -0.05) is 60.7 Å². The number of hydrogen-bond donors (Lipinski definition) is 2. The molecule has 44 heavy (non-hydrogen) atoms. The monoisotopic (exact) mass is 601 g/mol. The van der Waals surface area contributed by atoms with Crippen LogP contribution in [0.5, 0.6) is 0 Å². The lowest BCUT2D eigenvalue weighted by molar-refractivity contribution is -0.154. The van der Waals surface area contributed by atoms with Gasteiger partial charge in [-0.3, -0.25) is 4.79 Å². The van der Waals surface area contributed by atoms with Crippen LogP contribution in [0.2, 0.25) is 0 Å². The van der Waals surface area contributed by atoms with Gasteiger partial charge in [-0.25, -0.2) is 14.4 Å². The van der Waals surface area contributed by atoms with Crippen LogP contribution in [-0.4, -0.2) is 53.0 Å². The molecule has 0 aromatic heterocycles. The van der Waals surface area contributed by atoms with Gasteiger partial charge in [0.05, 0.1) is 12.0 Å². The minimum absolute atomic E-state index is 0.0361. The number of fused-ring (bicyclic) bond motifs is 3. The first-order valence-electron chi connectivity index (χ1n) is 14.5. The second-order valence-electron chi connectivity index (χ2n) is 12.8. The normalized spacial score (nSPS) is 13.3. The van der Waals surface area contributed by atoms with Gasteiger partial charge < -0.3 is 24.6 Å². The molecule has 4 rings (SSSR count). The maximum Gasteiger partial charge on any atom is 0.407 e. The molecule has 0 spiro atoms. The summed E-state index contributed by atoms with van der Waals surface area (Å²) < 4.78 is 16.5. The first kappa shape index (κ1) is 32.3. The highest BCUT2D eigenvalue weighted by Crippen LogP contribution is 2.44. The lowest BCUT2D eigenvalue weighted by atomic mass is 9.97. The second-order valence-corrected chi connectivity index (χ2v) is 12.8. The van der Waals surface area contributed by atoms with Crippen molar-refractivity contribution in [2.75, 3.05) is 6.61 Å². The van der Waals surface area contributed by atoms with Gasteiger partial charge in [-0.05, 0) is 81.0 Å². The van der Waals surface area contributed by atoms with Crippen LogP contribution in [0, 0.1) is 0 Å². The van der Waals surface area contributed by atoms with Crippen LogP contribution in [0.4, 0.5) is 4.79 Å². The van der Waals surface area contributed by atoms with Gasteiger partial charge in [0.2, 0.25) is 0 Å². The summed E-state index contributed by atoms with van der Waals surface area (Å²) >= 11 is 0. The molecule has 0 fully saturated rings. The van der Waals surface area contributed by atoms with Crippen molar-refractivity contribution < 1.29 is 38.5 Å². The summed E-state index contributed by atoms with van der Waals surface area (Å²) in [4.78, 5) is 50.6. The van der Waals surface area contributed by atoms with Crippen molar-refractivity contribution >= 4 is 24.0 Å². The van der Waals surface area contributed by atoms with E-state index in [1.807, 2.05) is 48.5 Å². The summed E-state index contributed by atoms with van der Waals surface area (Å²) in [6.45, 7) is 10.5. The highest BCUT2D eigenvalue weighted by Gasteiger charge is 2.30. The van der Waals surface area contributed by atoms with Crippen LogP contribution >= 0.6 is 0 Å². The maximum absolute atomic E-state index is 13.1. The number of nitrogens with one attached hydrogen (secondary N) is 1. The molecule has 3 aromatic rings. The van der Waals surface area contributed by atoms with E-state index in [0.717, 1.165) is 22.3 Å². The fraction of sp³-hybridized carbons (Fsp3) is 0.371. The zero-order valence-electron chi connectivity index (χ0n) is 25.9. The molecular formula is C35H39NO8. The van der Waals surface area contributed by atoms with Crippen LogP contribution < -0.4 is 5.32 Å². The molecule has 1 amide bonds. The lowest BCUT2D eigenvalue weighted by Crippen LogP contribution is -2.43. The number of rotatable bonds is 9. The standard InChI is InChI=1S/C35H39NO8/c1-34(2,3)43-30(37)19-22-16-15-21(17-27(22)32(40)44-35(4,5)6)18-29(31(38)39)36-33(41)42-20-28-25-13-9-7-11-23(25)24-12-8-10-14-26(24)28/h7-17,28-29H,18-20H2,1-6H3,(H,36,41)(H,38,39)/t29-/m0/s1. The van der Waals surface area contributed by atoms with Crippen molar-refractivity contribution in [1.82, 2.24) is 5.32 Å². The number of carbonyl (C=O) groups is 4. The average Bonchev–Trinajstić information content (AvgIpc) is 3.24. The molecule has 0 heterocycles. The number of hydrogen-bond acceptors (Lipinski definition) is 7. The second kappa shape index (κ2) is 12.9. The molecule has 0 radical (unpaired) electrons. The summed E-state index contributed by atoms with van der Waals surface area (Å²) in [6, 6.07) is 19.2. The molecule has 1 aliphatic carbocycles. The largest absolute Gasteiger partial charge is 0.480 e. The Bertz CT molecular complexity index is 1520. The van der Waals surface area contributed by atoms with Crippen molar-refractivity contribution in [1.29, 1.82) is 0 Å². The Labute approximate surface area is 257 Å². The number of esters is 2. The minimum Gasteiger partial charge on any atom is -0.480 e. The third kappa shape index (κ3) is 8.24. The molecule has 1 aliphatic rings. The summed E-state index contributed by atoms with van der Waals surface area (Å²) in [7, 11) is 0. The summed E-state index contributed by atoms with van der Waals surface area (Å²) in [5.41, 5.74) is 3.68. The van der Waals surface area contributed by atoms with Crippen LogP contribution in [-0.2, 0) is 36.6 Å². The van der Waals surface area contributed by atoms with E-state index >= 15 is 0 Å². The van der Waals surface area contributed by atoms with Crippen molar-refractivity contribution in [3.05, 3.63) is 94.5 Å². The zero-order valence-corrected chi connectivity index (χ0v) is 25.9. The molecule has 0 unspecified atom stereocenters. The number of carbonyl (C=O) groups excluding carboxylic acids is 3. The molecule has 9 nitrogen and oxygen atoms in total. The molecule has 0 bridgehead atoms. The Morgan fingerprint density at radius 2 is 1.39 bits per heavy atom. The van der Waals surface area contributed by atoms with Crippen molar-refractivity contribution in [2.45, 2.75) is 77.5 Å². The van der Waals surface area contributed by atoms with E-state index in [-0.39, 0.29) is 30.9 Å². The molecule has 2 N–H and O–H groups in total. The molecule has 0 saturated heterocycles. The van der Waals surface area contributed by atoms with Crippen LogP contribution in [0.3, 0.4) is 0 Å². The van der Waals surface area contributed by atoms with E-state index in [4.69, 9.17) is 14.2 Å². The third-order valence-corrected chi connectivity index (χ3v) is 6.92. The quantitative estimate of drug-likeness (QED) is 0.224. The molecule has 3 aromatic carbocycles. The van der Waals surface area contributed by atoms with Crippen molar-refractivity contribution in [3.8, 4) is 11.1 Å². The molecule has 1 atom stereocenters. The Balaban J connectivity index is 1.48. The number of amides is 1. The third-order valence-electron chi connectivity index (χ3n) is 6.92. The van der Waals surface area contributed by atoms with E-state index in [1.165, 1.54) is 6.07 Å². The smallest absolute Gasteiger partial charge is 0.407 e. The number of ether oxygens (including phenoxy) is 3. The number of aliphatic carboxylic acids is 1. The molecule has 0 saturated carbocycles. The van der Waals surface area contributed by atoms with Gasteiger partial charge in [-0.2, -0.15) is 0 Å². The fourth-order valence-corrected chi connectivity index (χ4v) is 5.18. The molecule has 232 valence electrons. The molecule has 9 heteroatoms. The fourth-order valence-electron chi connectivity index (χ4n) is 5.18. The van der Waals surface area contributed by atoms with Gasteiger partial charge in [0.25, 0.3) is 0 Å². The predicted molar refractivity (Wildman–Crippen MR) is 164 cm³/mol. The molecular weight excluding hydrogens is 562 g/mol.